The summed E-state index contributed by atoms with van der Waals surface area (Å²) in [6, 6.07) is 10.5. The van der Waals surface area contributed by atoms with Crippen LogP contribution in [0.15, 0.2) is 40.9 Å². The van der Waals surface area contributed by atoms with E-state index in [2.05, 4.69) is 26.6 Å². The minimum Gasteiger partial charge on any atom is -0.490 e. The van der Waals surface area contributed by atoms with Crippen molar-refractivity contribution in [2.24, 2.45) is 0 Å². The summed E-state index contributed by atoms with van der Waals surface area (Å²) in [7, 11) is 0. The molecular weight excluding hydrogens is 498 g/mol. The van der Waals surface area contributed by atoms with Crippen LogP contribution in [0.3, 0.4) is 0 Å². The van der Waals surface area contributed by atoms with Gasteiger partial charge in [-0.15, -0.1) is 24.8 Å². The third-order valence-electron chi connectivity index (χ3n) is 3.95. The van der Waals surface area contributed by atoms with Crippen LogP contribution in [-0.4, -0.2) is 37.5 Å². The fourth-order valence-corrected chi connectivity index (χ4v) is 3.22. The maximum absolute atomic E-state index is 13.8. The summed E-state index contributed by atoms with van der Waals surface area (Å²) in [6.45, 7) is 7.09. The average molecular weight is 528 g/mol. The highest BCUT2D eigenvalue weighted by Crippen LogP contribution is 2.37. The van der Waals surface area contributed by atoms with Gasteiger partial charge >= 0.3 is 0 Å². The van der Waals surface area contributed by atoms with E-state index in [-0.39, 0.29) is 43.3 Å². The van der Waals surface area contributed by atoms with Crippen LogP contribution in [0.1, 0.15) is 25.0 Å². The van der Waals surface area contributed by atoms with E-state index >= 15 is 0 Å². The molecule has 0 aliphatic rings. The summed E-state index contributed by atoms with van der Waals surface area (Å²) in [6.07, 6.45) is -0.346. The molecule has 1 atom stereocenters. The first kappa shape index (κ1) is 28.9. The first-order valence-corrected chi connectivity index (χ1v) is 10.2. The fourth-order valence-electron chi connectivity index (χ4n) is 2.61. The topological polar surface area (TPSA) is 62.8 Å². The number of hydrogen-bond acceptors (Lipinski definition) is 5. The molecule has 1 unspecified atom stereocenters. The summed E-state index contributed by atoms with van der Waals surface area (Å²) < 4.78 is 26.2. The van der Waals surface area contributed by atoms with Crippen LogP contribution in [0.4, 0.5) is 4.39 Å². The van der Waals surface area contributed by atoms with Crippen molar-refractivity contribution in [1.29, 1.82) is 0 Å². The van der Waals surface area contributed by atoms with Gasteiger partial charge in [-0.05, 0) is 53.5 Å². The van der Waals surface area contributed by atoms with Gasteiger partial charge in [-0.25, -0.2) is 4.39 Å². The van der Waals surface area contributed by atoms with Crippen LogP contribution in [0.5, 0.6) is 11.5 Å². The van der Waals surface area contributed by atoms with Crippen molar-refractivity contribution in [2.75, 3.05) is 26.2 Å². The number of hydrogen-bond donors (Lipinski definition) is 3. The van der Waals surface area contributed by atoms with Crippen molar-refractivity contribution in [3.05, 3.63) is 57.8 Å². The van der Waals surface area contributed by atoms with Crippen LogP contribution in [-0.2, 0) is 13.2 Å². The minimum absolute atomic E-state index is 0. The third-order valence-corrected chi connectivity index (χ3v) is 4.54. The lowest BCUT2D eigenvalue weighted by molar-refractivity contribution is 0.191. The SMILES string of the molecule is CCOc1cc(CNCCNCC(C)O)cc(Br)c1OCc1ccccc1F.Cl.Cl. The van der Waals surface area contributed by atoms with Crippen molar-refractivity contribution in [2.45, 2.75) is 33.1 Å². The van der Waals surface area contributed by atoms with Crippen molar-refractivity contribution >= 4 is 40.7 Å². The lowest BCUT2D eigenvalue weighted by Gasteiger charge is -2.16. The molecule has 0 saturated carbocycles. The van der Waals surface area contributed by atoms with Crippen molar-refractivity contribution in [1.82, 2.24) is 10.6 Å². The zero-order valence-electron chi connectivity index (χ0n) is 17.1. The Morgan fingerprint density at radius 2 is 1.80 bits per heavy atom. The van der Waals surface area contributed by atoms with E-state index in [0.717, 1.165) is 23.1 Å². The van der Waals surface area contributed by atoms with Gasteiger partial charge in [-0.2, -0.15) is 0 Å². The van der Waals surface area contributed by atoms with Crippen LogP contribution in [0.2, 0.25) is 0 Å². The lowest BCUT2D eigenvalue weighted by atomic mass is 10.2. The van der Waals surface area contributed by atoms with Crippen molar-refractivity contribution < 1.29 is 19.0 Å². The summed E-state index contributed by atoms with van der Waals surface area (Å²) >= 11 is 3.54. The molecule has 9 heteroatoms. The molecule has 2 aromatic carbocycles. The highest BCUT2D eigenvalue weighted by atomic mass is 79.9. The maximum Gasteiger partial charge on any atom is 0.175 e. The van der Waals surface area contributed by atoms with E-state index in [9.17, 15) is 9.50 Å². The quantitative estimate of drug-likeness (QED) is 0.355. The largest absolute Gasteiger partial charge is 0.490 e. The smallest absolute Gasteiger partial charge is 0.175 e. The molecule has 0 aliphatic carbocycles. The third kappa shape index (κ3) is 9.81. The van der Waals surface area contributed by atoms with Gasteiger partial charge in [0.15, 0.2) is 11.5 Å². The Balaban J connectivity index is 0.00000420. The number of halogens is 4. The molecule has 30 heavy (non-hydrogen) atoms. The molecule has 0 aromatic heterocycles. The Morgan fingerprint density at radius 3 is 2.47 bits per heavy atom. The van der Waals surface area contributed by atoms with Gasteiger partial charge in [0, 0.05) is 31.7 Å². The molecule has 5 nitrogen and oxygen atoms in total. The monoisotopic (exact) mass is 526 g/mol. The zero-order chi connectivity index (χ0) is 20.4. The Labute approximate surface area is 198 Å². The fraction of sp³-hybridized carbons (Fsp3) is 0.429. The average Bonchev–Trinajstić information content (AvgIpc) is 2.65. The van der Waals surface area contributed by atoms with E-state index in [4.69, 9.17) is 9.47 Å². The van der Waals surface area contributed by atoms with Crippen LogP contribution >= 0.6 is 40.7 Å². The van der Waals surface area contributed by atoms with Gasteiger partial charge in [-0.3, -0.25) is 0 Å². The first-order chi connectivity index (χ1) is 13.5. The molecule has 0 saturated heterocycles. The highest BCUT2D eigenvalue weighted by molar-refractivity contribution is 9.10. The lowest BCUT2D eigenvalue weighted by Crippen LogP contribution is -2.31. The molecule has 2 rings (SSSR count). The number of rotatable bonds is 12. The standard InChI is InChI=1S/C21H28BrFN2O3.2ClH/c1-3-27-20-11-16(13-25-9-8-24-12-15(2)26)10-18(22)21(20)28-14-17-6-4-5-7-19(17)23;;/h4-7,10-11,15,24-26H,3,8-9,12-14H2,1-2H3;2*1H. The van der Waals surface area contributed by atoms with Crippen LogP contribution in [0, 0.1) is 5.82 Å². The summed E-state index contributed by atoms with van der Waals surface area (Å²) in [5.41, 5.74) is 1.54. The highest BCUT2D eigenvalue weighted by Gasteiger charge is 2.13. The molecular formula is C21H30BrCl2FN2O3. The van der Waals surface area contributed by atoms with Crippen molar-refractivity contribution in [3.63, 3.8) is 0 Å². The number of nitrogens with one attached hydrogen (secondary N) is 2. The molecule has 0 amide bonds. The van der Waals surface area contributed by atoms with E-state index in [0.29, 0.717) is 36.8 Å². The van der Waals surface area contributed by atoms with Gasteiger partial charge in [0.25, 0.3) is 0 Å². The van der Waals surface area contributed by atoms with Crippen LogP contribution < -0.4 is 20.1 Å². The second-order valence-corrected chi connectivity index (χ2v) is 7.30. The normalized spacial score (nSPS) is 11.2. The van der Waals surface area contributed by atoms with E-state index < -0.39 is 0 Å². The molecule has 0 radical (unpaired) electrons. The summed E-state index contributed by atoms with van der Waals surface area (Å²) in [5, 5.41) is 15.7. The Kier molecular flexibility index (Phi) is 15.1. The second kappa shape index (κ2) is 15.7. The molecule has 0 fully saturated rings. The number of aliphatic hydroxyl groups is 1. The number of ether oxygens (including phenoxy) is 2. The van der Waals surface area contributed by atoms with E-state index in [1.165, 1.54) is 6.07 Å². The predicted molar refractivity (Wildman–Crippen MR) is 127 cm³/mol. The maximum atomic E-state index is 13.8. The molecule has 0 spiro atoms. The zero-order valence-corrected chi connectivity index (χ0v) is 20.3. The van der Waals surface area contributed by atoms with E-state index in [1.54, 1.807) is 25.1 Å². The number of aliphatic hydroxyl groups excluding tert-OH is 1. The molecule has 0 bridgehead atoms. The molecule has 0 aliphatic heterocycles. The second-order valence-electron chi connectivity index (χ2n) is 6.45. The molecule has 0 heterocycles. The Hall–Kier alpha value is -1.09. The van der Waals surface area contributed by atoms with Crippen LogP contribution in [0.25, 0.3) is 0 Å². The first-order valence-electron chi connectivity index (χ1n) is 9.42. The van der Waals surface area contributed by atoms with Gasteiger partial charge in [0.1, 0.15) is 12.4 Å². The van der Waals surface area contributed by atoms with Gasteiger partial charge in [0.2, 0.25) is 0 Å². The van der Waals surface area contributed by atoms with Gasteiger partial charge in [0.05, 0.1) is 17.2 Å². The van der Waals surface area contributed by atoms with Crippen molar-refractivity contribution in [3.8, 4) is 11.5 Å². The molecule has 170 valence electrons. The Morgan fingerprint density at radius 1 is 1.10 bits per heavy atom. The Bertz CT molecular complexity index is 754. The van der Waals surface area contributed by atoms with Gasteiger partial charge in [-0.1, -0.05) is 18.2 Å². The molecule has 2 aromatic rings. The predicted octanol–water partition coefficient (Wildman–Crippen LogP) is 4.47. The minimum atomic E-state index is -0.346. The summed E-state index contributed by atoms with van der Waals surface area (Å²) in [5.74, 6) is 0.895. The molecule has 3 N–H and O–H groups in total. The van der Waals surface area contributed by atoms with E-state index in [1.807, 2.05) is 19.1 Å². The van der Waals surface area contributed by atoms with Gasteiger partial charge < -0.3 is 25.2 Å². The summed E-state index contributed by atoms with van der Waals surface area (Å²) in [4.78, 5) is 0. The number of benzene rings is 2.